The number of furan rings is 1. The maximum absolute atomic E-state index is 5.95. The largest absolute Gasteiger partial charge is 0.454 e. The van der Waals surface area contributed by atoms with Crippen LogP contribution in [0.1, 0.15) is 12.5 Å². The van der Waals surface area contributed by atoms with Crippen LogP contribution in [0, 0.1) is 0 Å². The molecular formula is C19H24N4O2. The average Bonchev–Trinajstić information content (AvgIpc) is 3.28. The molecule has 0 radical (unpaired) electrons. The van der Waals surface area contributed by atoms with Gasteiger partial charge in [0.25, 0.3) is 0 Å². The molecule has 132 valence electrons. The van der Waals surface area contributed by atoms with Crippen molar-refractivity contribution in [3.8, 4) is 11.5 Å². The molecule has 2 aromatic heterocycles. The number of fused-ring (bicyclic) bond motifs is 1. The molecule has 1 atom stereocenters. The van der Waals surface area contributed by atoms with E-state index in [9.17, 15) is 0 Å². The predicted molar refractivity (Wildman–Crippen MR) is 97.4 cm³/mol. The summed E-state index contributed by atoms with van der Waals surface area (Å²) in [6.07, 6.45) is 2.10. The van der Waals surface area contributed by atoms with Gasteiger partial charge in [-0.1, -0.05) is 25.1 Å². The minimum absolute atomic E-state index is 0.246. The van der Waals surface area contributed by atoms with Gasteiger partial charge in [-0.15, -0.1) is 0 Å². The molecule has 0 saturated carbocycles. The normalized spacial score (nSPS) is 18.8. The highest BCUT2D eigenvalue weighted by molar-refractivity contribution is 5.82. The molecule has 1 unspecified atom stereocenters. The Balaban J connectivity index is 1.40. The number of rotatable bonds is 6. The highest BCUT2D eigenvalue weighted by Gasteiger charge is 2.19. The Morgan fingerprint density at radius 2 is 2.28 bits per heavy atom. The molecule has 1 fully saturated rings. The predicted octanol–water partition coefficient (Wildman–Crippen LogP) is 2.63. The number of benzene rings is 1. The van der Waals surface area contributed by atoms with Crippen molar-refractivity contribution in [1.29, 1.82) is 0 Å². The van der Waals surface area contributed by atoms with E-state index in [1.54, 1.807) is 0 Å². The molecule has 0 amide bonds. The first-order valence-corrected chi connectivity index (χ1v) is 8.89. The number of H-pyrrole nitrogens is 1. The van der Waals surface area contributed by atoms with E-state index in [0.717, 1.165) is 67.3 Å². The van der Waals surface area contributed by atoms with Gasteiger partial charge < -0.3 is 14.5 Å². The summed E-state index contributed by atoms with van der Waals surface area (Å²) < 4.78 is 11.8. The lowest BCUT2D eigenvalue weighted by Crippen LogP contribution is -2.46. The van der Waals surface area contributed by atoms with Crippen molar-refractivity contribution in [3.05, 3.63) is 42.1 Å². The Labute approximate surface area is 147 Å². The number of hydrogen-bond acceptors (Lipinski definition) is 5. The summed E-state index contributed by atoms with van der Waals surface area (Å²) in [5, 5.41) is 11.9. The zero-order chi connectivity index (χ0) is 17.1. The minimum Gasteiger partial charge on any atom is -0.454 e. The number of aromatic nitrogens is 2. The van der Waals surface area contributed by atoms with Gasteiger partial charge in [-0.25, -0.2) is 0 Å². The van der Waals surface area contributed by atoms with Gasteiger partial charge >= 0.3 is 0 Å². The fraction of sp³-hybridized carbons (Fsp3) is 0.421. The third-order valence-electron chi connectivity index (χ3n) is 4.75. The second kappa shape index (κ2) is 7.39. The molecule has 1 aromatic carbocycles. The molecular weight excluding hydrogens is 316 g/mol. The van der Waals surface area contributed by atoms with E-state index < -0.39 is 0 Å². The monoisotopic (exact) mass is 340 g/mol. The van der Waals surface area contributed by atoms with E-state index in [-0.39, 0.29) is 6.10 Å². The summed E-state index contributed by atoms with van der Waals surface area (Å²) in [7, 11) is 0. The van der Waals surface area contributed by atoms with Crippen LogP contribution in [0.4, 0.5) is 0 Å². The molecule has 1 aliphatic rings. The van der Waals surface area contributed by atoms with Gasteiger partial charge in [0.2, 0.25) is 0 Å². The van der Waals surface area contributed by atoms with Crippen LogP contribution < -0.4 is 5.32 Å². The fourth-order valence-corrected chi connectivity index (χ4v) is 3.32. The highest BCUT2D eigenvalue weighted by Crippen LogP contribution is 2.28. The van der Waals surface area contributed by atoms with Crippen molar-refractivity contribution < 1.29 is 9.15 Å². The fourth-order valence-electron chi connectivity index (χ4n) is 3.32. The molecule has 6 heteroatoms. The Bertz CT molecular complexity index is 793. The number of nitrogens with one attached hydrogen (secondary N) is 2. The van der Waals surface area contributed by atoms with Crippen LogP contribution in [0.15, 0.2) is 40.9 Å². The van der Waals surface area contributed by atoms with Gasteiger partial charge in [0, 0.05) is 37.1 Å². The number of aromatic amines is 1. The number of ether oxygens (including phenoxy) is 1. The smallest absolute Gasteiger partial charge is 0.153 e. The molecule has 25 heavy (non-hydrogen) atoms. The number of likely N-dealkylation sites (N-methyl/N-ethyl adjacent to an activating group) is 1. The van der Waals surface area contributed by atoms with Crippen LogP contribution >= 0.6 is 0 Å². The quantitative estimate of drug-likeness (QED) is 0.722. The molecule has 1 aliphatic heterocycles. The molecule has 6 nitrogen and oxygen atoms in total. The summed E-state index contributed by atoms with van der Waals surface area (Å²) in [4.78, 5) is 2.42. The first kappa shape index (κ1) is 16.3. The van der Waals surface area contributed by atoms with E-state index in [1.165, 1.54) is 0 Å². The Morgan fingerprint density at radius 1 is 1.36 bits per heavy atom. The molecule has 1 saturated heterocycles. The van der Waals surface area contributed by atoms with Gasteiger partial charge in [-0.05, 0) is 18.7 Å². The second-order valence-corrected chi connectivity index (χ2v) is 6.44. The van der Waals surface area contributed by atoms with Crippen LogP contribution in [-0.2, 0) is 11.3 Å². The number of para-hydroxylation sites is 1. The maximum atomic E-state index is 5.95. The number of hydrogen-bond donors (Lipinski definition) is 2. The summed E-state index contributed by atoms with van der Waals surface area (Å²) in [6.45, 7) is 7.68. The Kier molecular flexibility index (Phi) is 4.83. The van der Waals surface area contributed by atoms with Gasteiger partial charge in [0.15, 0.2) is 5.76 Å². The van der Waals surface area contributed by atoms with Crippen molar-refractivity contribution in [1.82, 2.24) is 20.4 Å². The Hall–Kier alpha value is -2.15. The first-order chi connectivity index (χ1) is 12.3. The summed E-state index contributed by atoms with van der Waals surface area (Å²) in [5.74, 6) is 0.821. The van der Waals surface area contributed by atoms with Crippen molar-refractivity contribution in [2.24, 2.45) is 0 Å². The second-order valence-electron chi connectivity index (χ2n) is 6.44. The van der Waals surface area contributed by atoms with Crippen LogP contribution in [0.3, 0.4) is 0 Å². The van der Waals surface area contributed by atoms with Crippen molar-refractivity contribution in [3.63, 3.8) is 0 Å². The van der Waals surface area contributed by atoms with Gasteiger partial charge in [0.05, 0.1) is 18.9 Å². The number of morpholine rings is 1. The molecule has 4 rings (SSSR count). The first-order valence-electron chi connectivity index (χ1n) is 8.89. The topological polar surface area (TPSA) is 66.3 Å². The standard InChI is InChI=1S/C19H24N4O2/c1-2-23-7-8-24-16(13-23)12-20-10-15-11-21-22-19(15)18-9-14-5-3-4-6-17(14)25-18/h3-6,9,11,16,20H,2,7-8,10,12-13H2,1H3,(H,21,22). The van der Waals surface area contributed by atoms with Crippen LogP contribution in [0.25, 0.3) is 22.4 Å². The molecule has 3 aromatic rings. The third kappa shape index (κ3) is 3.61. The van der Waals surface area contributed by atoms with E-state index in [1.807, 2.05) is 24.4 Å². The summed E-state index contributed by atoms with van der Waals surface area (Å²) in [5.41, 5.74) is 2.92. The van der Waals surface area contributed by atoms with Crippen molar-refractivity contribution in [2.45, 2.75) is 19.6 Å². The van der Waals surface area contributed by atoms with Crippen LogP contribution in [0.5, 0.6) is 0 Å². The molecule has 2 N–H and O–H groups in total. The zero-order valence-corrected chi connectivity index (χ0v) is 14.5. The molecule has 0 spiro atoms. The average molecular weight is 340 g/mol. The lowest BCUT2D eigenvalue weighted by molar-refractivity contribution is -0.0253. The van der Waals surface area contributed by atoms with Crippen LogP contribution in [-0.4, -0.2) is 54.0 Å². The van der Waals surface area contributed by atoms with Gasteiger partial charge in [0.1, 0.15) is 11.3 Å². The van der Waals surface area contributed by atoms with Crippen molar-refractivity contribution >= 4 is 11.0 Å². The molecule has 3 heterocycles. The third-order valence-corrected chi connectivity index (χ3v) is 4.75. The van der Waals surface area contributed by atoms with E-state index in [0.29, 0.717) is 0 Å². The van der Waals surface area contributed by atoms with Crippen molar-refractivity contribution in [2.75, 3.05) is 32.8 Å². The van der Waals surface area contributed by atoms with Gasteiger partial charge in [-0.3, -0.25) is 10.00 Å². The van der Waals surface area contributed by atoms with E-state index in [4.69, 9.17) is 9.15 Å². The van der Waals surface area contributed by atoms with E-state index in [2.05, 4.69) is 39.5 Å². The summed E-state index contributed by atoms with van der Waals surface area (Å²) in [6, 6.07) is 10.1. The highest BCUT2D eigenvalue weighted by atomic mass is 16.5. The lowest BCUT2D eigenvalue weighted by Gasteiger charge is -2.32. The molecule has 0 aliphatic carbocycles. The zero-order valence-electron chi connectivity index (χ0n) is 14.5. The van der Waals surface area contributed by atoms with Gasteiger partial charge in [-0.2, -0.15) is 5.10 Å². The maximum Gasteiger partial charge on any atom is 0.153 e. The summed E-state index contributed by atoms with van der Waals surface area (Å²) >= 11 is 0. The SMILES string of the molecule is CCN1CCOC(CNCc2cn[nH]c2-c2cc3ccccc3o2)C1. The lowest BCUT2D eigenvalue weighted by atomic mass is 10.2. The number of nitrogens with zero attached hydrogens (tertiary/aromatic N) is 2. The van der Waals surface area contributed by atoms with Crippen LogP contribution in [0.2, 0.25) is 0 Å². The minimum atomic E-state index is 0.246. The Morgan fingerprint density at radius 3 is 3.16 bits per heavy atom. The molecule has 0 bridgehead atoms. The van der Waals surface area contributed by atoms with E-state index >= 15 is 0 Å².